The fraction of sp³-hybridized carbons (Fsp3) is 0.438. The van der Waals surface area contributed by atoms with Crippen LogP contribution in [0.2, 0.25) is 19.6 Å². The van der Waals surface area contributed by atoms with Crippen molar-refractivity contribution in [3.63, 3.8) is 0 Å². The standard InChI is InChI=1S/C16H21BrN2O4Si/c1-16(2,3)23-15(22)19(14(20)21)13-11(7-8-24(4,5)6)9-12(17)10-18-13/h9-10H,1-6H3,(H,20,21). The van der Waals surface area contributed by atoms with Gasteiger partial charge in [0, 0.05) is 10.7 Å². The topological polar surface area (TPSA) is 79.7 Å². The van der Waals surface area contributed by atoms with Gasteiger partial charge in [0.25, 0.3) is 0 Å². The third-order valence-corrected chi connectivity index (χ3v) is 3.69. The molecule has 0 saturated carbocycles. The minimum atomic E-state index is -1.69. The molecule has 0 radical (unpaired) electrons. The predicted molar refractivity (Wildman–Crippen MR) is 98.9 cm³/mol. The zero-order chi connectivity index (χ0) is 18.7. The van der Waals surface area contributed by atoms with Crippen molar-refractivity contribution in [3.8, 4) is 11.5 Å². The molecule has 130 valence electrons. The second kappa shape index (κ2) is 7.36. The summed E-state index contributed by atoms with van der Waals surface area (Å²) in [7, 11) is -1.69. The summed E-state index contributed by atoms with van der Waals surface area (Å²) < 4.78 is 5.80. The molecule has 1 aromatic rings. The van der Waals surface area contributed by atoms with E-state index in [2.05, 4.69) is 52.0 Å². The molecule has 0 unspecified atom stereocenters. The van der Waals surface area contributed by atoms with Crippen molar-refractivity contribution in [2.24, 2.45) is 0 Å². The Kier molecular flexibility index (Phi) is 6.19. The van der Waals surface area contributed by atoms with E-state index in [0.717, 1.165) is 0 Å². The number of halogens is 1. The summed E-state index contributed by atoms with van der Waals surface area (Å²) in [5, 5.41) is 9.45. The minimum Gasteiger partial charge on any atom is -0.464 e. The highest BCUT2D eigenvalue weighted by Gasteiger charge is 2.31. The van der Waals surface area contributed by atoms with Gasteiger partial charge in [-0.3, -0.25) is 0 Å². The molecule has 0 aliphatic carbocycles. The van der Waals surface area contributed by atoms with Gasteiger partial charge >= 0.3 is 12.2 Å². The number of hydrogen-bond acceptors (Lipinski definition) is 4. The van der Waals surface area contributed by atoms with Gasteiger partial charge < -0.3 is 9.84 Å². The Balaban J connectivity index is 3.41. The summed E-state index contributed by atoms with van der Waals surface area (Å²) >= 11 is 3.29. The van der Waals surface area contributed by atoms with Crippen LogP contribution >= 0.6 is 15.9 Å². The summed E-state index contributed by atoms with van der Waals surface area (Å²) in [6.07, 6.45) is -1.08. The zero-order valence-electron chi connectivity index (χ0n) is 14.6. The normalized spacial score (nSPS) is 11.3. The lowest BCUT2D eigenvalue weighted by Crippen LogP contribution is -2.41. The van der Waals surface area contributed by atoms with E-state index >= 15 is 0 Å². The van der Waals surface area contributed by atoms with Crippen molar-refractivity contribution in [2.75, 3.05) is 4.90 Å². The van der Waals surface area contributed by atoms with Crippen molar-refractivity contribution in [1.29, 1.82) is 0 Å². The molecule has 0 bridgehead atoms. The predicted octanol–water partition coefficient (Wildman–Crippen LogP) is 4.49. The number of carbonyl (C=O) groups is 2. The third-order valence-electron chi connectivity index (χ3n) is 2.38. The Hall–Kier alpha value is -1.85. The third kappa shape index (κ3) is 6.33. The van der Waals surface area contributed by atoms with Crippen LogP contribution < -0.4 is 4.90 Å². The quantitative estimate of drug-likeness (QED) is 0.542. The fourth-order valence-electron chi connectivity index (χ4n) is 1.52. The Bertz CT molecular complexity index is 712. The number of carbonyl (C=O) groups excluding carboxylic acids is 1. The highest BCUT2D eigenvalue weighted by atomic mass is 79.9. The second-order valence-corrected chi connectivity index (χ2v) is 12.8. The van der Waals surface area contributed by atoms with E-state index in [1.807, 2.05) is 0 Å². The molecule has 8 heteroatoms. The molecule has 1 heterocycles. The van der Waals surface area contributed by atoms with E-state index in [-0.39, 0.29) is 5.82 Å². The molecule has 1 aromatic heterocycles. The molecule has 0 aromatic carbocycles. The maximum absolute atomic E-state index is 12.3. The van der Waals surface area contributed by atoms with Gasteiger partial charge in [-0.05, 0) is 42.8 Å². The first kappa shape index (κ1) is 20.2. The zero-order valence-corrected chi connectivity index (χ0v) is 17.2. The number of pyridine rings is 1. The number of anilines is 1. The first-order valence-electron chi connectivity index (χ1n) is 7.25. The van der Waals surface area contributed by atoms with Crippen molar-refractivity contribution in [3.05, 3.63) is 22.3 Å². The molecule has 6 nitrogen and oxygen atoms in total. The monoisotopic (exact) mass is 412 g/mol. The average Bonchev–Trinajstić information content (AvgIpc) is 2.35. The molecule has 1 rings (SSSR count). The molecule has 0 saturated heterocycles. The largest absolute Gasteiger partial charge is 0.464 e. The Morgan fingerprint density at radius 2 is 1.92 bits per heavy atom. The molecule has 1 N–H and O–H groups in total. The molecular formula is C16H21BrN2O4Si. The van der Waals surface area contributed by atoms with E-state index in [9.17, 15) is 14.7 Å². The maximum Gasteiger partial charge on any atom is 0.425 e. The van der Waals surface area contributed by atoms with Gasteiger partial charge in [-0.25, -0.2) is 14.6 Å². The van der Waals surface area contributed by atoms with E-state index in [1.54, 1.807) is 26.8 Å². The first-order valence-corrected chi connectivity index (χ1v) is 11.5. The molecule has 2 amide bonds. The van der Waals surface area contributed by atoms with Crippen LogP contribution in [0, 0.1) is 11.5 Å². The SMILES string of the molecule is CC(C)(C)OC(=O)N(C(=O)O)c1ncc(Br)cc1C#C[Si](C)(C)C. The molecule has 0 atom stereocenters. The van der Waals surface area contributed by atoms with Crippen LogP contribution in [0.25, 0.3) is 0 Å². The van der Waals surface area contributed by atoms with Gasteiger partial charge in [0.1, 0.15) is 13.7 Å². The molecule has 0 spiro atoms. The Morgan fingerprint density at radius 1 is 1.33 bits per heavy atom. The van der Waals surface area contributed by atoms with Crippen molar-refractivity contribution >= 4 is 42.0 Å². The lowest BCUT2D eigenvalue weighted by atomic mass is 10.2. The van der Waals surface area contributed by atoms with Crippen LogP contribution in [0.1, 0.15) is 26.3 Å². The maximum atomic E-state index is 12.3. The fourth-order valence-corrected chi connectivity index (χ4v) is 2.36. The number of carboxylic acid groups (broad SMARTS) is 1. The first-order chi connectivity index (χ1) is 10.8. The summed E-state index contributed by atoms with van der Waals surface area (Å²) in [5.41, 5.74) is 2.66. The van der Waals surface area contributed by atoms with Crippen LogP contribution in [0.3, 0.4) is 0 Å². The number of amides is 2. The number of imide groups is 1. The number of ether oxygens (including phenoxy) is 1. The van der Waals surface area contributed by atoms with Gasteiger partial charge in [-0.15, -0.1) is 5.54 Å². The smallest absolute Gasteiger partial charge is 0.425 e. The van der Waals surface area contributed by atoms with Crippen molar-refractivity contribution in [1.82, 2.24) is 4.98 Å². The van der Waals surface area contributed by atoms with Gasteiger partial charge in [0.05, 0.1) is 5.56 Å². The van der Waals surface area contributed by atoms with Gasteiger partial charge in [-0.1, -0.05) is 25.6 Å². The number of nitrogens with zero attached hydrogens (tertiary/aromatic N) is 2. The lowest BCUT2D eigenvalue weighted by molar-refractivity contribution is 0.0581. The summed E-state index contributed by atoms with van der Waals surface area (Å²) in [4.78, 5) is 28.4. The van der Waals surface area contributed by atoms with E-state index in [0.29, 0.717) is 14.9 Å². The van der Waals surface area contributed by atoms with E-state index < -0.39 is 25.9 Å². The van der Waals surface area contributed by atoms with Crippen LogP contribution in [0.5, 0.6) is 0 Å². The highest BCUT2D eigenvalue weighted by Crippen LogP contribution is 2.23. The van der Waals surface area contributed by atoms with Gasteiger partial charge in [0.2, 0.25) is 0 Å². The van der Waals surface area contributed by atoms with Gasteiger partial charge in [-0.2, -0.15) is 4.90 Å². The molecule has 0 fully saturated rings. The lowest BCUT2D eigenvalue weighted by Gasteiger charge is -2.24. The van der Waals surface area contributed by atoms with E-state index in [1.165, 1.54) is 6.20 Å². The molecule has 0 aliphatic rings. The van der Waals surface area contributed by atoms with Crippen LogP contribution in [-0.4, -0.2) is 36.0 Å². The number of hydrogen-bond donors (Lipinski definition) is 1. The second-order valence-electron chi connectivity index (χ2n) is 7.12. The number of rotatable bonds is 1. The van der Waals surface area contributed by atoms with Crippen LogP contribution in [0.4, 0.5) is 15.4 Å². The molecule has 0 aliphatic heterocycles. The van der Waals surface area contributed by atoms with Crippen molar-refractivity contribution in [2.45, 2.75) is 46.0 Å². The summed E-state index contributed by atoms with van der Waals surface area (Å²) in [6.45, 7) is 11.2. The highest BCUT2D eigenvalue weighted by molar-refractivity contribution is 9.10. The average molecular weight is 413 g/mol. The Morgan fingerprint density at radius 3 is 2.38 bits per heavy atom. The number of aromatic nitrogens is 1. The molecular weight excluding hydrogens is 392 g/mol. The minimum absolute atomic E-state index is 0.0642. The van der Waals surface area contributed by atoms with Gasteiger partial charge in [0.15, 0.2) is 5.82 Å². The van der Waals surface area contributed by atoms with E-state index in [4.69, 9.17) is 4.74 Å². The van der Waals surface area contributed by atoms with Crippen LogP contribution in [0.15, 0.2) is 16.7 Å². The van der Waals surface area contributed by atoms with Crippen LogP contribution in [-0.2, 0) is 4.74 Å². The Labute approximate surface area is 151 Å². The molecule has 24 heavy (non-hydrogen) atoms. The summed E-state index contributed by atoms with van der Waals surface area (Å²) in [6, 6.07) is 1.63. The van der Waals surface area contributed by atoms with Crippen molar-refractivity contribution < 1.29 is 19.4 Å². The summed E-state index contributed by atoms with van der Waals surface area (Å²) in [5.74, 6) is 2.89.